The van der Waals surface area contributed by atoms with E-state index in [-0.39, 0.29) is 5.92 Å². The van der Waals surface area contributed by atoms with Gasteiger partial charge in [-0.2, -0.15) is 0 Å². The topological polar surface area (TPSA) is 22.2 Å². The SMILES string of the molecule is CC12N=CC=CC1C=C1c3ccccc3-c3cccc4ccc5c(c1c2n5-c1ccc(-c2ccc(-n5c6ccccc6c6ccccc65)cc2)cc1)c34. The Balaban J connectivity index is 1.04. The van der Waals surface area contributed by atoms with Gasteiger partial charge < -0.3 is 9.13 Å². The second kappa shape index (κ2) is 10.4. The molecule has 0 spiro atoms. The van der Waals surface area contributed by atoms with Gasteiger partial charge in [-0.1, -0.05) is 121 Å². The summed E-state index contributed by atoms with van der Waals surface area (Å²) in [6, 6.07) is 55.9. The lowest BCUT2D eigenvalue weighted by Gasteiger charge is -2.39. The zero-order chi connectivity index (χ0) is 34.8. The lowest BCUT2D eigenvalue weighted by atomic mass is 9.72. The van der Waals surface area contributed by atoms with Gasteiger partial charge in [-0.25, -0.2) is 0 Å². The van der Waals surface area contributed by atoms with E-state index in [0.29, 0.717) is 0 Å². The second-order valence-electron chi connectivity index (χ2n) is 14.8. The van der Waals surface area contributed by atoms with Crippen LogP contribution in [0.1, 0.15) is 23.7 Å². The van der Waals surface area contributed by atoms with Crippen molar-refractivity contribution >= 4 is 55.3 Å². The van der Waals surface area contributed by atoms with E-state index in [1.165, 1.54) is 88.1 Å². The Morgan fingerprint density at radius 1 is 0.528 bits per heavy atom. The Morgan fingerprint density at radius 3 is 1.87 bits per heavy atom. The molecular formula is C50H33N3. The first-order valence-corrected chi connectivity index (χ1v) is 18.5. The van der Waals surface area contributed by atoms with Crippen molar-refractivity contribution in [1.29, 1.82) is 0 Å². The van der Waals surface area contributed by atoms with Crippen molar-refractivity contribution in [3.05, 3.63) is 187 Å². The number of aliphatic imine (C=N–C) groups is 1. The Morgan fingerprint density at radius 2 is 1.15 bits per heavy atom. The number of hydrogen-bond donors (Lipinski definition) is 0. The van der Waals surface area contributed by atoms with Gasteiger partial charge in [0.1, 0.15) is 5.54 Å². The Hall–Kier alpha value is -6.71. The summed E-state index contributed by atoms with van der Waals surface area (Å²) in [4.78, 5) is 5.28. The molecule has 0 N–H and O–H groups in total. The average Bonchev–Trinajstić information content (AvgIpc) is 3.71. The molecule has 7 aromatic carbocycles. The van der Waals surface area contributed by atoms with Gasteiger partial charge in [0.2, 0.25) is 0 Å². The summed E-state index contributed by atoms with van der Waals surface area (Å²) in [6.45, 7) is 2.32. The standard InChI is InChI=1S/C50H33N3/c1-50-34(11-9-29-51-50)30-42-38-13-3-2-12-37(38)41-16-8-10-33-23-28-45-48(46(33)41)47(42)49(50)53(45)36-26-21-32(22-27-36)31-19-24-35(25-20-31)52-43-17-6-4-14-39(43)40-15-5-7-18-44(40)52/h2-30,34H,1H3. The highest BCUT2D eigenvalue weighted by Gasteiger charge is 2.45. The van der Waals surface area contributed by atoms with Crippen molar-refractivity contribution in [2.24, 2.45) is 10.9 Å². The Labute approximate surface area is 307 Å². The van der Waals surface area contributed by atoms with Crippen LogP contribution in [0, 0.1) is 5.92 Å². The molecule has 3 heterocycles. The molecule has 0 amide bonds. The Bertz CT molecular complexity index is 3060. The molecule has 1 aliphatic heterocycles. The van der Waals surface area contributed by atoms with Gasteiger partial charge in [-0.3, -0.25) is 4.99 Å². The van der Waals surface area contributed by atoms with Gasteiger partial charge in [-0.05, 0) is 99.6 Å². The van der Waals surface area contributed by atoms with Gasteiger partial charge in [0.15, 0.2) is 0 Å². The van der Waals surface area contributed by atoms with Crippen LogP contribution in [0.25, 0.3) is 82.7 Å². The molecule has 0 bridgehead atoms. The number of dihydropyridines is 1. The molecule has 3 heteroatoms. The number of allylic oxidation sites excluding steroid dienone is 1. The minimum Gasteiger partial charge on any atom is -0.310 e. The van der Waals surface area contributed by atoms with Crippen LogP contribution in [0.4, 0.5) is 0 Å². The van der Waals surface area contributed by atoms with Gasteiger partial charge >= 0.3 is 0 Å². The fourth-order valence-electron chi connectivity index (χ4n) is 9.72. The summed E-state index contributed by atoms with van der Waals surface area (Å²) in [6.07, 6.45) is 8.91. The maximum Gasteiger partial charge on any atom is 0.108 e. The Kier molecular flexibility index (Phi) is 5.69. The molecule has 0 fully saturated rings. The van der Waals surface area contributed by atoms with E-state index in [2.05, 4.69) is 186 Å². The molecular weight excluding hydrogens is 643 g/mol. The normalized spacial score (nSPS) is 18.1. The van der Waals surface area contributed by atoms with E-state index in [1.807, 2.05) is 6.21 Å². The lowest BCUT2D eigenvalue weighted by molar-refractivity contribution is 0.398. The highest BCUT2D eigenvalue weighted by molar-refractivity contribution is 6.22. The summed E-state index contributed by atoms with van der Waals surface area (Å²) < 4.78 is 4.89. The maximum atomic E-state index is 5.28. The largest absolute Gasteiger partial charge is 0.310 e. The zero-order valence-corrected chi connectivity index (χ0v) is 29.2. The molecule has 2 aromatic heterocycles. The van der Waals surface area contributed by atoms with E-state index in [1.54, 1.807) is 0 Å². The molecule has 3 aliphatic rings. The van der Waals surface area contributed by atoms with Crippen LogP contribution in [0.5, 0.6) is 0 Å². The van der Waals surface area contributed by atoms with E-state index in [0.717, 1.165) is 11.4 Å². The third kappa shape index (κ3) is 3.81. The van der Waals surface area contributed by atoms with Crippen molar-refractivity contribution in [3.63, 3.8) is 0 Å². The summed E-state index contributed by atoms with van der Waals surface area (Å²) in [5.41, 5.74) is 15.7. The molecule has 12 rings (SSSR count). The number of rotatable bonds is 3. The molecule has 0 saturated carbocycles. The first-order valence-electron chi connectivity index (χ1n) is 18.5. The van der Waals surface area contributed by atoms with Crippen LogP contribution in [0.3, 0.4) is 0 Å². The molecule has 248 valence electrons. The van der Waals surface area contributed by atoms with Gasteiger partial charge in [0.25, 0.3) is 0 Å². The monoisotopic (exact) mass is 675 g/mol. The number of para-hydroxylation sites is 2. The number of benzene rings is 7. The molecule has 3 nitrogen and oxygen atoms in total. The van der Waals surface area contributed by atoms with Crippen molar-refractivity contribution < 1.29 is 0 Å². The number of nitrogens with zero attached hydrogens (tertiary/aromatic N) is 3. The molecule has 2 unspecified atom stereocenters. The van der Waals surface area contributed by atoms with Gasteiger partial charge in [0.05, 0.1) is 22.2 Å². The maximum absolute atomic E-state index is 5.28. The molecule has 53 heavy (non-hydrogen) atoms. The smallest absolute Gasteiger partial charge is 0.108 e. The van der Waals surface area contributed by atoms with E-state index < -0.39 is 5.54 Å². The highest BCUT2D eigenvalue weighted by atomic mass is 15.1. The minimum atomic E-state index is -0.450. The molecule has 0 radical (unpaired) electrons. The van der Waals surface area contributed by atoms with E-state index in [9.17, 15) is 0 Å². The minimum absolute atomic E-state index is 0.134. The third-order valence-electron chi connectivity index (χ3n) is 12.1. The fourth-order valence-corrected chi connectivity index (χ4v) is 9.72. The fraction of sp³-hybridized carbons (Fsp3) is 0.0600. The molecule has 0 saturated heterocycles. The molecule has 9 aromatic rings. The van der Waals surface area contributed by atoms with Gasteiger partial charge in [-0.15, -0.1) is 0 Å². The predicted octanol–water partition coefficient (Wildman–Crippen LogP) is 12.4. The van der Waals surface area contributed by atoms with Gasteiger partial charge in [0, 0.05) is 45.2 Å². The van der Waals surface area contributed by atoms with Crippen LogP contribution >= 0.6 is 0 Å². The quantitative estimate of drug-likeness (QED) is 0.178. The second-order valence-corrected chi connectivity index (χ2v) is 14.8. The number of aromatic nitrogens is 2. The summed E-state index contributed by atoms with van der Waals surface area (Å²) in [5, 5.41) is 6.47. The van der Waals surface area contributed by atoms with E-state index >= 15 is 0 Å². The van der Waals surface area contributed by atoms with Crippen LogP contribution in [-0.2, 0) is 5.54 Å². The average molecular weight is 676 g/mol. The molecule has 2 aliphatic carbocycles. The van der Waals surface area contributed by atoms with Crippen molar-refractivity contribution in [2.75, 3.05) is 0 Å². The highest BCUT2D eigenvalue weighted by Crippen LogP contribution is 2.56. The summed E-state index contributed by atoms with van der Waals surface area (Å²) in [7, 11) is 0. The van der Waals surface area contributed by atoms with Crippen LogP contribution in [0.2, 0.25) is 0 Å². The predicted molar refractivity (Wildman–Crippen MR) is 222 cm³/mol. The molecule has 2 atom stereocenters. The summed E-state index contributed by atoms with van der Waals surface area (Å²) in [5.74, 6) is 0.134. The third-order valence-corrected chi connectivity index (χ3v) is 12.1. The van der Waals surface area contributed by atoms with Crippen molar-refractivity contribution in [1.82, 2.24) is 9.13 Å². The van der Waals surface area contributed by atoms with Crippen LogP contribution < -0.4 is 0 Å². The number of fused-ring (bicyclic) bond motifs is 8. The van der Waals surface area contributed by atoms with Crippen molar-refractivity contribution in [3.8, 4) is 33.6 Å². The van der Waals surface area contributed by atoms with Crippen LogP contribution in [-0.4, -0.2) is 15.3 Å². The first kappa shape index (κ1) is 28.9. The van der Waals surface area contributed by atoms with E-state index in [4.69, 9.17) is 4.99 Å². The number of hydrogen-bond acceptors (Lipinski definition) is 1. The lowest BCUT2D eigenvalue weighted by Crippen LogP contribution is -2.35. The zero-order valence-electron chi connectivity index (χ0n) is 29.2. The van der Waals surface area contributed by atoms with Crippen LogP contribution in [0.15, 0.2) is 175 Å². The van der Waals surface area contributed by atoms with Crippen molar-refractivity contribution in [2.45, 2.75) is 12.5 Å². The first-order chi connectivity index (χ1) is 26.2. The summed E-state index contributed by atoms with van der Waals surface area (Å²) >= 11 is 0.